The molecule has 3 N–H and O–H groups in total. The zero-order valence-electron chi connectivity index (χ0n) is 4.96. The molecule has 4 nitrogen and oxygen atoms in total. The third-order valence-corrected chi connectivity index (χ3v) is 0.876. The van der Waals surface area contributed by atoms with Crippen molar-refractivity contribution in [3.63, 3.8) is 0 Å². The zero-order chi connectivity index (χ0) is 6.69. The van der Waals surface area contributed by atoms with Gasteiger partial charge in [-0.05, 0) is 0 Å². The first-order valence-corrected chi connectivity index (χ1v) is 2.60. The number of anilines is 1. The average Bonchev–Trinajstić information content (AvgIpc) is 2.17. The summed E-state index contributed by atoms with van der Waals surface area (Å²) in [6.45, 7) is 3.53. The molecule has 0 saturated heterocycles. The molecule has 0 aliphatic rings. The van der Waals surface area contributed by atoms with Crippen molar-refractivity contribution in [2.24, 2.45) is 0 Å². The molecular weight excluding hydrogens is 116 g/mol. The Morgan fingerprint density at radius 2 is 2.56 bits per heavy atom. The van der Waals surface area contributed by atoms with Gasteiger partial charge in [0.2, 0.25) is 5.95 Å². The second-order valence-electron chi connectivity index (χ2n) is 1.63. The minimum Gasteiger partial charge on any atom is -0.368 e. The third-order valence-electron chi connectivity index (χ3n) is 0.876. The summed E-state index contributed by atoms with van der Waals surface area (Å²) in [7, 11) is 0. The number of nitrogens with one attached hydrogen (secondary N) is 1. The normalized spacial score (nSPS) is 9.33. The monoisotopic (exact) mass is 124 g/mol. The Morgan fingerprint density at radius 1 is 1.78 bits per heavy atom. The second-order valence-corrected chi connectivity index (χ2v) is 1.63. The maximum Gasteiger partial charge on any atom is 0.216 e. The van der Waals surface area contributed by atoms with Crippen molar-refractivity contribution in [3.05, 3.63) is 18.5 Å². The number of nitrogens with zero attached hydrogens (tertiary/aromatic N) is 2. The molecule has 9 heavy (non-hydrogen) atoms. The summed E-state index contributed by atoms with van der Waals surface area (Å²) in [5.74, 6) is 1.04. The lowest BCUT2D eigenvalue weighted by atomic mass is 10.4. The van der Waals surface area contributed by atoms with Crippen LogP contribution in [0.3, 0.4) is 0 Å². The van der Waals surface area contributed by atoms with E-state index in [2.05, 4.69) is 21.8 Å². The topological polar surface area (TPSA) is 67.6 Å². The van der Waals surface area contributed by atoms with E-state index < -0.39 is 0 Å². The Bertz CT molecular complexity index is 202. The lowest BCUT2D eigenvalue weighted by Crippen LogP contribution is -1.86. The quantitative estimate of drug-likeness (QED) is 0.550. The first-order chi connectivity index (χ1) is 4.33. The van der Waals surface area contributed by atoms with Crippen LogP contribution in [-0.2, 0) is 6.42 Å². The highest BCUT2D eigenvalue weighted by Gasteiger charge is 1.93. The lowest BCUT2D eigenvalue weighted by molar-refractivity contribution is 0.992. The van der Waals surface area contributed by atoms with Gasteiger partial charge in [0.15, 0.2) is 5.82 Å². The average molecular weight is 124 g/mol. The van der Waals surface area contributed by atoms with Crippen molar-refractivity contribution < 1.29 is 0 Å². The van der Waals surface area contributed by atoms with E-state index in [0.29, 0.717) is 18.2 Å². The van der Waals surface area contributed by atoms with Crippen molar-refractivity contribution in [1.29, 1.82) is 0 Å². The fourth-order valence-electron chi connectivity index (χ4n) is 0.531. The van der Waals surface area contributed by atoms with Crippen molar-refractivity contribution in [1.82, 2.24) is 15.2 Å². The van der Waals surface area contributed by atoms with E-state index in [1.807, 2.05) is 0 Å². The zero-order valence-corrected chi connectivity index (χ0v) is 4.96. The molecule has 0 amide bonds. The first kappa shape index (κ1) is 5.81. The van der Waals surface area contributed by atoms with E-state index in [1.165, 1.54) is 0 Å². The molecule has 0 aromatic carbocycles. The van der Waals surface area contributed by atoms with Crippen molar-refractivity contribution >= 4 is 5.95 Å². The van der Waals surface area contributed by atoms with Gasteiger partial charge < -0.3 is 5.73 Å². The van der Waals surface area contributed by atoms with E-state index >= 15 is 0 Å². The molecule has 0 fully saturated rings. The van der Waals surface area contributed by atoms with Gasteiger partial charge >= 0.3 is 0 Å². The molecule has 1 aromatic rings. The molecule has 0 bridgehead atoms. The first-order valence-electron chi connectivity index (χ1n) is 2.60. The van der Waals surface area contributed by atoms with Crippen LogP contribution in [0.25, 0.3) is 0 Å². The van der Waals surface area contributed by atoms with E-state index in [1.54, 1.807) is 6.08 Å². The van der Waals surface area contributed by atoms with E-state index in [-0.39, 0.29) is 0 Å². The summed E-state index contributed by atoms with van der Waals surface area (Å²) in [6, 6.07) is 0. The molecule has 1 aromatic heterocycles. The predicted molar refractivity (Wildman–Crippen MR) is 34.7 cm³/mol. The van der Waals surface area contributed by atoms with Gasteiger partial charge in [-0.2, -0.15) is 10.1 Å². The van der Waals surface area contributed by atoms with Gasteiger partial charge in [0, 0.05) is 6.42 Å². The number of nitrogen functional groups attached to an aromatic ring is 1. The van der Waals surface area contributed by atoms with E-state index in [0.717, 1.165) is 0 Å². The van der Waals surface area contributed by atoms with Gasteiger partial charge in [-0.1, -0.05) is 6.08 Å². The fourth-order valence-corrected chi connectivity index (χ4v) is 0.531. The molecule has 0 unspecified atom stereocenters. The van der Waals surface area contributed by atoms with Crippen LogP contribution in [0.4, 0.5) is 5.95 Å². The van der Waals surface area contributed by atoms with Gasteiger partial charge in [0.25, 0.3) is 0 Å². The molecule has 0 aliphatic heterocycles. The summed E-state index contributed by atoms with van der Waals surface area (Å²) in [5.41, 5.74) is 5.25. The summed E-state index contributed by atoms with van der Waals surface area (Å²) in [6.07, 6.45) is 2.39. The molecule has 0 radical (unpaired) electrons. The number of rotatable bonds is 2. The Hall–Kier alpha value is -1.32. The Balaban J connectivity index is 2.72. The number of aromatic nitrogens is 3. The van der Waals surface area contributed by atoms with Gasteiger partial charge in [0.1, 0.15) is 0 Å². The minimum atomic E-state index is 0.354. The predicted octanol–water partition coefficient (Wildman–Crippen LogP) is 0.115. The van der Waals surface area contributed by atoms with Crippen LogP contribution in [-0.4, -0.2) is 15.2 Å². The smallest absolute Gasteiger partial charge is 0.216 e. The molecular formula is C5H8N4. The SMILES string of the molecule is C=CCc1n[nH]c(N)n1. The molecule has 48 valence electrons. The lowest BCUT2D eigenvalue weighted by Gasteiger charge is -1.78. The van der Waals surface area contributed by atoms with Crippen LogP contribution >= 0.6 is 0 Å². The van der Waals surface area contributed by atoms with E-state index in [4.69, 9.17) is 5.73 Å². The second kappa shape index (κ2) is 2.30. The highest BCUT2D eigenvalue weighted by molar-refractivity contribution is 5.13. The van der Waals surface area contributed by atoms with Gasteiger partial charge in [0.05, 0.1) is 0 Å². The number of hydrogen-bond acceptors (Lipinski definition) is 3. The number of aromatic amines is 1. The molecule has 1 heterocycles. The largest absolute Gasteiger partial charge is 0.368 e. The maximum atomic E-state index is 5.25. The maximum absolute atomic E-state index is 5.25. The molecule has 4 heteroatoms. The number of H-pyrrole nitrogens is 1. The standard InChI is InChI=1S/C5H8N4/c1-2-3-4-7-5(6)9-8-4/h2H,1,3H2,(H3,6,7,8,9). The third kappa shape index (κ3) is 1.28. The van der Waals surface area contributed by atoms with Gasteiger partial charge in [-0.25, -0.2) is 5.10 Å². The Kier molecular flexibility index (Phi) is 1.48. The van der Waals surface area contributed by atoms with E-state index in [9.17, 15) is 0 Å². The summed E-state index contributed by atoms with van der Waals surface area (Å²) in [4.78, 5) is 3.84. The summed E-state index contributed by atoms with van der Waals surface area (Å²) < 4.78 is 0. The van der Waals surface area contributed by atoms with Crippen LogP contribution < -0.4 is 5.73 Å². The van der Waals surface area contributed by atoms with Crippen LogP contribution in [0.2, 0.25) is 0 Å². The highest BCUT2D eigenvalue weighted by Crippen LogP contribution is 1.92. The van der Waals surface area contributed by atoms with Crippen LogP contribution in [0.5, 0.6) is 0 Å². The molecule has 0 aliphatic carbocycles. The fraction of sp³-hybridized carbons (Fsp3) is 0.200. The van der Waals surface area contributed by atoms with Crippen molar-refractivity contribution in [2.75, 3.05) is 5.73 Å². The molecule has 1 rings (SSSR count). The number of hydrogen-bond donors (Lipinski definition) is 2. The van der Waals surface area contributed by atoms with Crippen molar-refractivity contribution in [3.8, 4) is 0 Å². The van der Waals surface area contributed by atoms with Crippen LogP contribution in [0.15, 0.2) is 12.7 Å². The molecule has 0 spiro atoms. The van der Waals surface area contributed by atoms with Gasteiger partial charge in [-0.15, -0.1) is 6.58 Å². The number of allylic oxidation sites excluding steroid dienone is 1. The molecule has 0 saturated carbocycles. The number of nitrogens with two attached hydrogens (primary N) is 1. The van der Waals surface area contributed by atoms with Crippen LogP contribution in [0, 0.1) is 0 Å². The molecule has 0 atom stereocenters. The summed E-state index contributed by atoms with van der Waals surface area (Å²) in [5, 5.41) is 6.30. The van der Waals surface area contributed by atoms with Gasteiger partial charge in [-0.3, -0.25) is 0 Å². The highest BCUT2D eigenvalue weighted by atomic mass is 15.3. The Morgan fingerprint density at radius 3 is 3.00 bits per heavy atom. The van der Waals surface area contributed by atoms with Crippen molar-refractivity contribution in [2.45, 2.75) is 6.42 Å². The van der Waals surface area contributed by atoms with Crippen LogP contribution in [0.1, 0.15) is 5.82 Å². The summed E-state index contributed by atoms with van der Waals surface area (Å²) >= 11 is 0. The minimum absolute atomic E-state index is 0.354. The Labute approximate surface area is 52.8 Å².